The van der Waals surface area contributed by atoms with Crippen molar-refractivity contribution in [3.8, 4) is 0 Å². The van der Waals surface area contributed by atoms with Crippen LogP contribution in [-0.2, 0) is 16.1 Å². The van der Waals surface area contributed by atoms with Crippen molar-refractivity contribution < 1.29 is 14.3 Å². The molecule has 0 radical (unpaired) electrons. The maximum Gasteiger partial charge on any atom is 0.321 e. The Bertz CT molecular complexity index is 990. The van der Waals surface area contributed by atoms with Crippen molar-refractivity contribution in [1.82, 2.24) is 4.90 Å². The molecule has 1 aliphatic rings. The molecule has 1 N–H and O–H groups in total. The van der Waals surface area contributed by atoms with Gasteiger partial charge in [0.1, 0.15) is 6.61 Å². The molecule has 3 aromatic carbocycles. The van der Waals surface area contributed by atoms with Gasteiger partial charge in [0.2, 0.25) is 0 Å². The van der Waals surface area contributed by atoms with Crippen LogP contribution in [0.15, 0.2) is 72.8 Å². The summed E-state index contributed by atoms with van der Waals surface area (Å²) in [6.45, 7) is 1.37. The average Bonchev–Trinajstić information content (AvgIpc) is 2.78. The molecule has 1 aliphatic heterocycles. The van der Waals surface area contributed by atoms with Gasteiger partial charge >= 0.3 is 12.0 Å². The molecular weight excluding hydrogens is 364 g/mol. The molecule has 0 saturated carbocycles. The van der Waals surface area contributed by atoms with Crippen LogP contribution in [0.25, 0.3) is 10.8 Å². The van der Waals surface area contributed by atoms with E-state index in [9.17, 15) is 9.59 Å². The van der Waals surface area contributed by atoms with Gasteiger partial charge in [-0.25, -0.2) is 4.79 Å². The molecule has 1 heterocycles. The number of ether oxygens (including phenoxy) is 1. The van der Waals surface area contributed by atoms with Gasteiger partial charge in [-0.05, 0) is 41.3 Å². The summed E-state index contributed by atoms with van der Waals surface area (Å²) in [6, 6.07) is 23.4. The highest BCUT2D eigenvalue weighted by atomic mass is 16.5. The minimum Gasteiger partial charge on any atom is -0.461 e. The van der Waals surface area contributed by atoms with Crippen LogP contribution in [0.2, 0.25) is 0 Å². The second-order valence-corrected chi connectivity index (χ2v) is 7.30. The molecule has 1 saturated heterocycles. The van der Waals surface area contributed by atoms with Gasteiger partial charge in [0.15, 0.2) is 0 Å². The van der Waals surface area contributed by atoms with E-state index in [-0.39, 0.29) is 24.5 Å². The van der Waals surface area contributed by atoms with Gasteiger partial charge in [0, 0.05) is 18.8 Å². The van der Waals surface area contributed by atoms with Crippen LogP contribution in [-0.4, -0.2) is 30.0 Å². The van der Waals surface area contributed by atoms with E-state index in [1.54, 1.807) is 4.90 Å². The molecule has 0 atom stereocenters. The predicted molar refractivity (Wildman–Crippen MR) is 114 cm³/mol. The predicted octanol–water partition coefficient (Wildman–Crippen LogP) is 4.83. The Morgan fingerprint density at radius 3 is 2.38 bits per heavy atom. The molecule has 2 amide bonds. The van der Waals surface area contributed by atoms with Gasteiger partial charge in [0.05, 0.1) is 5.92 Å². The van der Waals surface area contributed by atoms with Crippen LogP contribution < -0.4 is 5.32 Å². The quantitative estimate of drug-likeness (QED) is 0.652. The number of piperidine rings is 1. The number of hydrogen-bond donors (Lipinski definition) is 1. The molecule has 1 fully saturated rings. The summed E-state index contributed by atoms with van der Waals surface area (Å²) < 4.78 is 5.61. The van der Waals surface area contributed by atoms with E-state index in [0.29, 0.717) is 25.9 Å². The summed E-state index contributed by atoms with van der Waals surface area (Å²) in [7, 11) is 0. The standard InChI is InChI=1S/C24H24N2O3/c27-23(29-17-20-9-6-8-18-7-4-5-12-22(18)20)19-13-15-26(16-14-19)24(28)25-21-10-2-1-3-11-21/h1-12,19H,13-17H2,(H,25,28). The van der Waals surface area contributed by atoms with Crippen molar-refractivity contribution in [2.45, 2.75) is 19.4 Å². The molecule has 0 aromatic heterocycles. The Morgan fingerprint density at radius 1 is 0.897 bits per heavy atom. The number of anilines is 1. The van der Waals surface area contributed by atoms with Gasteiger partial charge in [-0.2, -0.15) is 0 Å². The van der Waals surface area contributed by atoms with E-state index >= 15 is 0 Å². The van der Waals surface area contributed by atoms with Gasteiger partial charge in [0.25, 0.3) is 0 Å². The minimum atomic E-state index is -0.180. The highest BCUT2D eigenvalue weighted by Gasteiger charge is 2.28. The van der Waals surface area contributed by atoms with Crippen LogP contribution in [0.1, 0.15) is 18.4 Å². The number of esters is 1. The second kappa shape index (κ2) is 8.78. The number of fused-ring (bicyclic) bond motifs is 1. The molecule has 0 bridgehead atoms. The van der Waals surface area contributed by atoms with Crippen LogP contribution >= 0.6 is 0 Å². The number of carbonyl (C=O) groups excluding carboxylic acids is 2. The molecule has 3 aromatic rings. The summed E-state index contributed by atoms with van der Waals surface area (Å²) >= 11 is 0. The van der Waals surface area contributed by atoms with Crippen LogP contribution in [0, 0.1) is 5.92 Å². The highest BCUT2D eigenvalue weighted by Crippen LogP contribution is 2.22. The van der Waals surface area contributed by atoms with Gasteiger partial charge in [-0.1, -0.05) is 60.7 Å². The van der Waals surface area contributed by atoms with E-state index in [1.807, 2.05) is 60.7 Å². The number of urea groups is 1. The molecule has 29 heavy (non-hydrogen) atoms. The fourth-order valence-electron chi connectivity index (χ4n) is 3.73. The monoisotopic (exact) mass is 388 g/mol. The smallest absolute Gasteiger partial charge is 0.321 e. The molecular formula is C24H24N2O3. The first-order chi connectivity index (χ1) is 14.2. The van der Waals surface area contributed by atoms with Crippen molar-refractivity contribution in [3.63, 3.8) is 0 Å². The Kier molecular flexibility index (Phi) is 5.75. The van der Waals surface area contributed by atoms with Crippen LogP contribution in [0.5, 0.6) is 0 Å². The molecule has 5 nitrogen and oxygen atoms in total. The van der Waals surface area contributed by atoms with Gasteiger partial charge < -0.3 is 15.0 Å². The van der Waals surface area contributed by atoms with Gasteiger partial charge in [-0.3, -0.25) is 4.79 Å². The number of para-hydroxylation sites is 1. The molecule has 0 spiro atoms. The maximum absolute atomic E-state index is 12.5. The van der Waals surface area contributed by atoms with E-state index in [0.717, 1.165) is 22.0 Å². The number of likely N-dealkylation sites (tertiary alicyclic amines) is 1. The summed E-state index contributed by atoms with van der Waals surface area (Å²) in [5.74, 6) is -0.341. The maximum atomic E-state index is 12.5. The second-order valence-electron chi connectivity index (χ2n) is 7.30. The first kappa shape index (κ1) is 19.0. The molecule has 0 aliphatic carbocycles. The van der Waals surface area contributed by atoms with Gasteiger partial charge in [-0.15, -0.1) is 0 Å². The van der Waals surface area contributed by atoms with E-state index in [1.165, 1.54) is 0 Å². The Balaban J connectivity index is 1.28. The third-order valence-electron chi connectivity index (χ3n) is 5.39. The normalized spacial score (nSPS) is 14.6. The fraction of sp³-hybridized carbons (Fsp3) is 0.250. The first-order valence-corrected chi connectivity index (χ1v) is 9.95. The summed E-state index contributed by atoms with van der Waals surface area (Å²) in [5, 5.41) is 5.13. The number of rotatable bonds is 4. The average molecular weight is 388 g/mol. The zero-order valence-corrected chi connectivity index (χ0v) is 16.2. The van der Waals surface area contributed by atoms with Crippen molar-refractivity contribution in [2.24, 2.45) is 5.92 Å². The lowest BCUT2D eigenvalue weighted by Crippen LogP contribution is -2.42. The Hall–Kier alpha value is -3.34. The largest absolute Gasteiger partial charge is 0.461 e. The SMILES string of the molecule is O=C(OCc1cccc2ccccc12)C1CCN(C(=O)Nc2ccccc2)CC1. The van der Waals surface area contributed by atoms with Crippen molar-refractivity contribution >= 4 is 28.5 Å². The van der Waals surface area contributed by atoms with E-state index in [2.05, 4.69) is 17.4 Å². The third kappa shape index (κ3) is 4.57. The number of amides is 2. The van der Waals surface area contributed by atoms with Crippen molar-refractivity contribution in [3.05, 3.63) is 78.4 Å². The first-order valence-electron chi connectivity index (χ1n) is 9.95. The third-order valence-corrected chi connectivity index (χ3v) is 5.39. The number of benzene rings is 3. The number of carbonyl (C=O) groups is 2. The molecule has 4 rings (SSSR count). The van der Waals surface area contributed by atoms with Crippen LogP contribution in [0.3, 0.4) is 0 Å². The lowest BCUT2D eigenvalue weighted by molar-refractivity contribution is -0.151. The minimum absolute atomic E-state index is 0.126. The zero-order valence-electron chi connectivity index (χ0n) is 16.2. The highest BCUT2D eigenvalue weighted by molar-refractivity contribution is 5.89. The molecule has 0 unspecified atom stereocenters. The van der Waals surface area contributed by atoms with Crippen LogP contribution in [0.4, 0.5) is 10.5 Å². The molecule has 148 valence electrons. The lowest BCUT2D eigenvalue weighted by Gasteiger charge is -2.31. The Morgan fingerprint density at radius 2 is 1.59 bits per heavy atom. The fourth-order valence-corrected chi connectivity index (χ4v) is 3.73. The summed E-state index contributed by atoms with van der Waals surface area (Å²) in [6.07, 6.45) is 1.24. The van der Waals surface area contributed by atoms with E-state index < -0.39 is 0 Å². The zero-order chi connectivity index (χ0) is 20.1. The van der Waals surface area contributed by atoms with Crippen molar-refractivity contribution in [2.75, 3.05) is 18.4 Å². The van der Waals surface area contributed by atoms with E-state index in [4.69, 9.17) is 4.74 Å². The summed E-state index contributed by atoms with van der Waals surface area (Å²) in [5.41, 5.74) is 1.78. The van der Waals surface area contributed by atoms with Crippen molar-refractivity contribution in [1.29, 1.82) is 0 Å². The number of nitrogens with zero attached hydrogens (tertiary/aromatic N) is 1. The number of hydrogen-bond acceptors (Lipinski definition) is 3. The Labute approximate surface area is 170 Å². The molecule has 5 heteroatoms. The summed E-state index contributed by atoms with van der Waals surface area (Å²) in [4.78, 5) is 26.7. The lowest BCUT2D eigenvalue weighted by atomic mass is 9.97. The topological polar surface area (TPSA) is 58.6 Å². The number of nitrogens with one attached hydrogen (secondary N) is 1.